The van der Waals surface area contributed by atoms with Crippen molar-refractivity contribution in [2.24, 2.45) is 10.7 Å². The van der Waals surface area contributed by atoms with Gasteiger partial charge in [0.05, 0.1) is 28.5 Å². The smallest absolute Gasteiger partial charge is 0.125 e. The number of aliphatic imine (C=N–C) groups is 1. The number of hydrogen-bond acceptors (Lipinski definition) is 1. The summed E-state index contributed by atoms with van der Waals surface area (Å²) in [5.74, 6) is 0.555. The molecule has 164 valence electrons. The molecule has 0 radical (unpaired) electrons. The normalized spacial score (nSPS) is 12.2. The third-order valence-electron chi connectivity index (χ3n) is 6.87. The molecule has 0 aliphatic rings. The van der Waals surface area contributed by atoms with Crippen molar-refractivity contribution < 1.29 is 0 Å². The fraction of sp³-hybridized carbons (Fsp3) is 0.0312. The van der Waals surface area contributed by atoms with Gasteiger partial charge in [0.15, 0.2) is 0 Å². The average Bonchev–Trinajstić information content (AvgIpc) is 3.44. The van der Waals surface area contributed by atoms with Gasteiger partial charge in [-0.25, -0.2) is 0 Å². The number of aromatic nitrogens is 1. The van der Waals surface area contributed by atoms with Crippen molar-refractivity contribution in [3.63, 3.8) is 0 Å². The predicted octanol–water partition coefficient (Wildman–Crippen LogP) is 7.01. The number of para-hydroxylation sites is 1. The number of benzene rings is 4. The first-order valence-electron chi connectivity index (χ1n) is 11.7. The molecule has 0 aliphatic carbocycles. The molecule has 3 heteroatoms. The first kappa shape index (κ1) is 19.6. The Morgan fingerprint density at radius 2 is 1.54 bits per heavy atom. The number of nitrogens with zero attached hydrogens (tertiary/aromatic N) is 2. The molecule has 2 N–H and O–H groups in total. The Morgan fingerprint density at radius 3 is 2.40 bits per heavy atom. The molecular weight excluding hydrogens is 426 g/mol. The second-order valence-electron chi connectivity index (χ2n) is 8.90. The molecule has 0 unspecified atom stereocenters. The van der Waals surface area contributed by atoms with Crippen LogP contribution in [0.3, 0.4) is 0 Å². The zero-order valence-electron chi connectivity index (χ0n) is 19.0. The fourth-order valence-electron chi connectivity index (χ4n) is 5.16. The monoisotopic (exact) mass is 447 g/mol. The highest BCUT2D eigenvalue weighted by Crippen LogP contribution is 2.39. The zero-order valence-corrected chi connectivity index (χ0v) is 19.0. The quantitative estimate of drug-likeness (QED) is 0.229. The molecule has 0 aliphatic heterocycles. The minimum absolute atomic E-state index is 0.555. The van der Waals surface area contributed by atoms with E-state index in [4.69, 9.17) is 5.73 Å². The average molecular weight is 448 g/mol. The third kappa shape index (κ3) is 3.04. The van der Waals surface area contributed by atoms with Gasteiger partial charge >= 0.3 is 0 Å². The Bertz CT molecular complexity index is 1860. The molecule has 35 heavy (non-hydrogen) atoms. The summed E-state index contributed by atoms with van der Waals surface area (Å²) in [7, 11) is 0. The zero-order chi connectivity index (χ0) is 23.4. The van der Waals surface area contributed by atoms with E-state index in [0.717, 1.165) is 22.1 Å². The fourth-order valence-corrected chi connectivity index (χ4v) is 5.16. The van der Waals surface area contributed by atoms with Gasteiger partial charge in [0.2, 0.25) is 0 Å². The van der Waals surface area contributed by atoms with E-state index in [9.17, 15) is 0 Å². The van der Waals surface area contributed by atoms with Crippen molar-refractivity contribution in [2.45, 2.75) is 6.54 Å². The number of nitrogens with two attached hydrogens (primary N) is 1. The molecule has 0 amide bonds. The molecule has 5 aromatic carbocycles. The summed E-state index contributed by atoms with van der Waals surface area (Å²) in [6.45, 7) is 0.578. The Kier molecular flexibility index (Phi) is 4.27. The van der Waals surface area contributed by atoms with Gasteiger partial charge in [0.1, 0.15) is 5.84 Å². The van der Waals surface area contributed by atoms with E-state index >= 15 is 0 Å². The lowest BCUT2D eigenvalue weighted by Gasteiger charge is -2.06. The second-order valence-corrected chi connectivity index (χ2v) is 8.90. The van der Waals surface area contributed by atoms with Gasteiger partial charge in [-0.1, -0.05) is 97.1 Å². The number of amidine groups is 1. The number of fused-ring (bicyclic) bond motifs is 6. The predicted molar refractivity (Wildman–Crippen MR) is 145 cm³/mol. The minimum atomic E-state index is 0.555. The van der Waals surface area contributed by atoms with Crippen LogP contribution in [-0.4, -0.2) is 10.2 Å². The lowest BCUT2D eigenvalue weighted by molar-refractivity contribution is 1.06. The van der Waals surface area contributed by atoms with Crippen molar-refractivity contribution >= 4 is 43.9 Å². The molecule has 7 rings (SSSR count). The van der Waals surface area contributed by atoms with Gasteiger partial charge in [0.25, 0.3) is 0 Å². The van der Waals surface area contributed by atoms with Crippen LogP contribution in [0.4, 0.5) is 0 Å². The van der Waals surface area contributed by atoms with Crippen LogP contribution in [0.15, 0.2) is 108 Å². The molecule has 7 aromatic rings. The van der Waals surface area contributed by atoms with Crippen LogP contribution >= 0.6 is 0 Å². The van der Waals surface area contributed by atoms with Crippen molar-refractivity contribution in [1.82, 2.24) is 4.40 Å². The first-order chi connectivity index (χ1) is 17.3. The minimum Gasteiger partial charge on any atom is -0.383 e. The topological polar surface area (TPSA) is 42.8 Å². The van der Waals surface area contributed by atoms with Crippen LogP contribution in [-0.2, 0) is 6.54 Å². The highest BCUT2D eigenvalue weighted by Gasteiger charge is 2.17. The van der Waals surface area contributed by atoms with E-state index < -0.39 is 0 Å². The van der Waals surface area contributed by atoms with Crippen LogP contribution in [0.25, 0.3) is 49.2 Å². The SMILES string of the molecule is NC(=NCc1ccccc1)c1ccc(-c2ccc3c4cccc5c6c#cccc6n(c3c2)c54)cc1. The molecule has 0 saturated heterocycles. The van der Waals surface area contributed by atoms with Crippen LogP contribution in [0.5, 0.6) is 0 Å². The summed E-state index contributed by atoms with van der Waals surface area (Å²) in [5.41, 5.74) is 14.3. The molecule has 0 saturated carbocycles. The largest absolute Gasteiger partial charge is 0.383 e. The van der Waals surface area contributed by atoms with Crippen LogP contribution in [0.2, 0.25) is 0 Å². The van der Waals surface area contributed by atoms with Gasteiger partial charge in [-0.2, -0.15) is 0 Å². The summed E-state index contributed by atoms with van der Waals surface area (Å²) in [5, 5.41) is 4.88. The Morgan fingerprint density at radius 1 is 0.743 bits per heavy atom. The molecule has 3 nitrogen and oxygen atoms in total. The highest BCUT2D eigenvalue weighted by atomic mass is 14.9. The van der Waals surface area contributed by atoms with E-state index in [-0.39, 0.29) is 0 Å². The van der Waals surface area contributed by atoms with Crippen molar-refractivity contribution in [2.75, 3.05) is 0 Å². The number of hydrogen-bond donors (Lipinski definition) is 1. The molecule has 0 bridgehead atoms. The van der Waals surface area contributed by atoms with E-state index in [0.29, 0.717) is 12.4 Å². The van der Waals surface area contributed by atoms with Gasteiger partial charge < -0.3 is 10.1 Å². The Balaban J connectivity index is 1.30. The lowest BCUT2D eigenvalue weighted by atomic mass is 10.0. The van der Waals surface area contributed by atoms with E-state index in [1.807, 2.05) is 24.3 Å². The third-order valence-corrected chi connectivity index (χ3v) is 6.87. The summed E-state index contributed by atoms with van der Waals surface area (Å²) in [6, 6.07) is 42.3. The number of rotatable bonds is 4. The standard InChI is InChI=1S/C32H21N3/c33-32(34-20-21-7-2-1-3-8-21)23-15-13-22(14-16-23)24-17-18-26-28-11-6-10-27-25-9-4-5-12-29(25)35(31(27)28)30(26)19-24/h1-3,5-8,10-19H,20H2,(H2,33,34). The second kappa shape index (κ2) is 7.62. The van der Waals surface area contributed by atoms with E-state index in [1.54, 1.807) is 0 Å². The van der Waals surface area contributed by atoms with Crippen LogP contribution in [0, 0.1) is 12.1 Å². The molecule has 2 heterocycles. The van der Waals surface area contributed by atoms with E-state index in [1.165, 1.54) is 38.3 Å². The summed E-state index contributed by atoms with van der Waals surface area (Å²) < 4.78 is 2.37. The molecule has 0 fully saturated rings. The molecule has 2 aromatic heterocycles. The van der Waals surface area contributed by atoms with Gasteiger partial charge in [-0.05, 0) is 34.9 Å². The Labute approximate surface area is 203 Å². The maximum Gasteiger partial charge on any atom is 0.125 e. The van der Waals surface area contributed by atoms with Crippen LogP contribution < -0.4 is 5.73 Å². The van der Waals surface area contributed by atoms with Crippen LogP contribution in [0.1, 0.15) is 11.1 Å². The van der Waals surface area contributed by atoms with E-state index in [2.05, 4.69) is 100 Å². The van der Waals surface area contributed by atoms with Crippen molar-refractivity contribution in [1.29, 1.82) is 0 Å². The van der Waals surface area contributed by atoms with Gasteiger partial charge in [0, 0.05) is 21.7 Å². The Hall–Kier alpha value is -4.81. The van der Waals surface area contributed by atoms with Gasteiger partial charge in [-0.15, -0.1) is 0 Å². The molecule has 0 spiro atoms. The summed E-state index contributed by atoms with van der Waals surface area (Å²) in [4.78, 5) is 4.57. The highest BCUT2D eigenvalue weighted by molar-refractivity contribution is 6.23. The lowest BCUT2D eigenvalue weighted by Crippen LogP contribution is -2.13. The maximum absolute atomic E-state index is 6.28. The summed E-state index contributed by atoms with van der Waals surface area (Å²) in [6.07, 6.45) is 0. The van der Waals surface area contributed by atoms with Gasteiger partial charge in [-0.3, -0.25) is 4.99 Å². The van der Waals surface area contributed by atoms with Crippen molar-refractivity contribution in [3.8, 4) is 11.1 Å². The summed E-state index contributed by atoms with van der Waals surface area (Å²) >= 11 is 0. The maximum atomic E-state index is 6.28. The van der Waals surface area contributed by atoms with Crippen molar-refractivity contribution in [3.05, 3.63) is 126 Å². The first-order valence-corrected chi connectivity index (χ1v) is 11.7. The molecule has 0 atom stereocenters. The molecular formula is C32H21N3.